The molecule has 0 radical (unpaired) electrons. The lowest BCUT2D eigenvalue weighted by Gasteiger charge is -2.14. The van der Waals surface area contributed by atoms with Crippen LogP contribution in [0.5, 0.6) is 5.88 Å². The van der Waals surface area contributed by atoms with Crippen molar-refractivity contribution in [3.63, 3.8) is 0 Å². The molecule has 0 aliphatic heterocycles. The summed E-state index contributed by atoms with van der Waals surface area (Å²) in [5.74, 6) is 0.215. The SMILES string of the molecule is CCC(Nc1ncc(F)c(OC)n1)c1cn2cccnc2n1. The Morgan fingerprint density at radius 2 is 2.23 bits per heavy atom. The molecule has 3 aromatic heterocycles. The summed E-state index contributed by atoms with van der Waals surface area (Å²) in [5.41, 5.74) is 0.813. The van der Waals surface area contributed by atoms with Gasteiger partial charge in [0.1, 0.15) is 0 Å². The third-order valence-corrected chi connectivity index (χ3v) is 3.23. The van der Waals surface area contributed by atoms with Crippen LogP contribution in [-0.4, -0.2) is 31.4 Å². The molecular formula is C14H15FN6O. The maximum atomic E-state index is 13.4. The summed E-state index contributed by atoms with van der Waals surface area (Å²) in [7, 11) is 1.36. The first-order valence-corrected chi connectivity index (χ1v) is 6.84. The fourth-order valence-corrected chi connectivity index (χ4v) is 2.12. The highest BCUT2D eigenvalue weighted by molar-refractivity contribution is 5.36. The molecule has 1 N–H and O–H groups in total. The number of aromatic nitrogens is 5. The maximum Gasteiger partial charge on any atom is 0.255 e. The number of methoxy groups -OCH3 is 1. The summed E-state index contributed by atoms with van der Waals surface area (Å²) in [5, 5.41) is 3.14. The highest BCUT2D eigenvalue weighted by Gasteiger charge is 2.16. The average molecular weight is 302 g/mol. The van der Waals surface area contributed by atoms with Gasteiger partial charge in [-0.3, -0.25) is 4.40 Å². The van der Waals surface area contributed by atoms with Gasteiger partial charge in [0.25, 0.3) is 5.88 Å². The van der Waals surface area contributed by atoms with Gasteiger partial charge in [-0.05, 0) is 12.5 Å². The first-order valence-electron chi connectivity index (χ1n) is 6.84. The Balaban J connectivity index is 1.88. The fraction of sp³-hybridized carbons (Fsp3) is 0.286. The van der Waals surface area contributed by atoms with E-state index < -0.39 is 5.82 Å². The number of halogens is 1. The molecule has 3 heterocycles. The summed E-state index contributed by atoms with van der Waals surface area (Å²) >= 11 is 0. The van der Waals surface area contributed by atoms with Crippen LogP contribution in [-0.2, 0) is 0 Å². The number of fused-ring (bicyclic) bond motifs is 1. The van der Waals surface area contributed by atoms with Crippen LogP contribution in [0.15, 0.2) is 30.9 Å². The Labute approximate surface area is 126 Å². The molecule has 8 heteroatoms. The van der Waals surface area contributed by atoms with E-state index in [0.717, 1.165) is 18.3 Å². The molecule has 1 unspecified atom stereocenters. The van der Waals surface area contributed by atoms with Crippen molar-refractivity contribution in [2.45, 2.75) is 19.4 Å². The van der Waals surface area contributed by atoms with Crippen molar-refractivity contribution in [2.75, 3.05) is 12.4 Å². The van der Waals surface area contributed by atoms with Crippen molar-refractivity contribution in [3.8, 4) is 5.88 Å². The Kier molecular flexibility index (Phi) is 3.82. The third-order valence-electron chi connectivity index (χ3n) is 3.23. The van der Waals surface area contributed by atoms with Crippen molar-refractivity contribution in [1.82, 2.24) is 24.3 Å². The number of anilines is 1. The van der Waals surface area contributed by atoms with E-state index in [-0.39, 0.29) is 17.9 Å². The molecule has 0 saturated heterocycles. The fourth-order valence-electron chi connectivity index (χ4n) is 2.12. The summed E-state index contributed by atoms with van der Waals surface area (Å²) in [4.78, 5) is 16.6. The molecule has 0 fully saturated rings. The Bertz CT molecular complexity index is 757. The zero-order valence-electron chi connectivity index (χ0n) is 12.2. The van der Waals surface area contributed by atoms with Crippen LogP contribution in [0.2, 0.25) is 0 Å². The molecule has 22 heavy (non-hydrogen) atoms. The van der Waals surface area contributed by atoms with Gasteiger partial charge < -0.3 is 10.1 Å². The summed E-state index contributed by atoms with van der Waals surface area (Å²) < 4.78 is 20.0. The van der Waals surface area contributed by atoms with Crippen LogP contribution < -0.4 is 10.1 Å². The minimum Gasteiger partial charge on any atom is -0.479 e. The van der Waals surface area contributed by atoms with Crippen LogP contribution in [0.25, 0.3) is 5.78 Å². The highest BCUT2D eigenvalue weighted by atomic mass is 19.1. The van der Waals surface area contributed by atoms with Gasteiger partial charge in [0.05, 0.1) is 25.0 Å². The topological polar surface area (TPSA) is 77.2 Å². The first-order chi connectivity index (χ1) is 10.7. The molecule has 0 aliphatic rings. The number of ether oxygens (including phenoxy) is 1. The lowest BCUT2D eigenvalue weighted by atomic mass is 10.2. The minimum atomic E-state index is -0.599. The lowest BCUT2D eigenvalue weighted by molar-refractivity contribution is 0.367. The van der Waals surface area contributed by atoms with Gasteiger partial charge in [-0.15, -0.1) is 0 Å². The highest BCUT2D eigenvalue weighted by Crippen LogP contribution is 2.22. The second-order valence-electron chi connectivity index (χ2n) is 4.65. The quantitative estimate of drug-likeness (QED) is 0.779. The predicted molar refractivity (Wildman–Crippen MR) is 78.2 cm³/mol. The van der Waals surface area contributed by atoms with Crippen LogP contribution >= 0.6 is 0 Å². The molecule has 3 rings (SSSR count). The number of hydrogen-bond acceptors (Lipinski definition) is 6. The van der Waals surface area contributed by atoms with E-state index >= 15 is 0 Å². The molecule has 1 atom stereocenters. The van der Waals surface area contributed by atoms with Gasteiger partial charge >= 0.3 is 0 Å². The van der Waals surface area contributed by atoms with Crippen molar-refractivity contribution < 1.29 is 9.13 Å². The van der Waals surface area contributed by atoms with E-state index in [1.54, 1.807) is 6.20 Å². The van der Waals surface area contributed by atoms with Crippen LogP contribution in [0.3, 0.4) is 0 Å². The molecule has 7 nitrogen and oxygen atoms in total. The van der Waals surface area contributed by atoms with Gasteiger partial charge in [0.2, 0.25) is 17.5 Å². The smallest absolute Gasteiger partial charge is 0.255 e. The number of hydrogen-bond donors (Lipinski definition) is 1. The van der Waals surface area contributed by atoms with E-state index in [0.29, 0.717) is 5.78 Å². The van der Waals surface area contributed by atoms with E-state index in [2.05, 4.69) is 25.3 Å². The third kappa shape index (κ3) is 2.67. The average Bonchev–Trinajstić information content (AvgIpc) is 2.97. The van der Waals surface area contributed by atoms with Crippen molar-refractivity contribution in [2.24, 2.45) is 0 Å². The number of imidazole rings is 1. The second-order valence-corrected chi connectivity index (χ2v) is 4.65. The minimum absolute atomic E-state index is 0.0935. The second kappa shape index (κ2) is 5.92. The van der Waals surface area contributed by atoms with E-state index in [1.165, 1.54) is 7.11 Å². The zero-order valence-corrected chi connectivity index (χ0v) is 12.2. The van der Waals surface area contributed by atoms with Crippen LogP contribution in [0.1, 0.15) is 25.1 Å². The lowest BCUT2D eigenvalue weighted by Crippen LogP contribution is -2.13. The summed E-state index contributed by atoms with van der Waals surface area (Å²) in [6.07, 6.45) is 7.29. The molecule has 0 saturated carbocycles. The molecule has 0 aliphatic carbocycles. The Morgan fingerprint density at radius 1 is 1.36 bits per heavy atom. The first kappa shape index (κ1) is 14.2. The largest absolute Gasteiger partial charge is 0.479 e. The normalized spacial score (nSPS) is 12.3. The molecule has 0 bridgehead atoms. The summed E-state index contributed by atoms with van der Waals surface area (Å²) in [6, 6.07) is 1.72. The van der Waals surface area contributed by atoms with E-state index in [1.807, 2.05) is 29.8 Å². The Morgan fingerprint density at radius 3 is 2.95 bits per heavy atom. The van der Waals surface area contributed by atoms with Gasteiger partial charge in [0.15, 0.2) is 0 Å². The molecular weight excluding hydrogens is 287 g/mol. The molecule has 0 spiro atoms. The predicted octanol–water partition coefficient (Wildman–Crippen LogP) is 2.23. The van der Waals surface area contributed by atoms with E-state index in [9.17, 15) is 4.39 Å². The zero-order chi connectivity index (χ0) is 15.5. The van der Waals surface area contributed by atoms with Crippen LogP contribution in [0, 0.1) is 5.82 Å². The Hall–Kier alpha value is -2.77. The van der Waals surface area contributed by atoms with Gasteiger partial charge in [-0.2, -0.15) is 9.37 Å². The molecule has 3 aromatic rings. The standard InChI is InChI=1S/C14H15FN6O/c1-3-10(11-8-21-6-4-5-16-14(21)19-11)18-13-17-7-9(15)12(20-13)22-2/h4-8,10H,3H2,1-2H3,(H,17,18,20). The number of nitrogens with zero attached hydrogens (tertiary/aromatic N) is 5. The molecule has 114 valence electrons. The van der Waals surface area contributed by atoms with Gasteiger partial charge in [-0.25, -0.2) is 15.0 Å². The van der Waals surface area contributed by atoms with E-state index in [4.69, 9.17) is 4.74 Å². The van der Waals surface area contributed by atoms with Gasteiger partial charge in [0, 0.05) is 18.6 Å². The monoisotopic (exact) mass is 302 g/mol. The summed E-state index contributed by atoms with van der Waals surface area (Å²) in [6.45, 7) is 2.01. The van der Waals surface area contributed by atoms with Crippen LogP contribution in [0.4, 0.5) is 10.3 Å². The number of nitrogens with one attached hydrogen (secondary N) is 1. The molecule has 0 aromatic carbocycles. The maximum absolute atomic E-state index is 13.4. The van der Waals surface area contributed by atoms with Crippen molar-refractivity contribution in [1.29, 1.82) is 0 Å². The van der Waals surface area contributed by atoms with Gasteiger partial charge in [-0.1, -0.05) is 6.92 Å². The van der Waals surface area contributed by atoms with Crippen molar-refractivity contribution >= 4 is 11.7 Å². The molecule has 0 amide bonds. The van der Waals surface area contributed by atoms with Crippen molar-refractivity contribution in [3.05, 3.63) is 42.4 Å². The number of rotatable bonds is 5.